The lowest BCUT2D eigenvalue weighted by molar-refractivity contribution is -0.124. The molecule has 0 spiro atoms. The summed E-state index contributed by atoms with van der Waals surface area (Å²) in [5.41, 5.74) is 1.79. The third-order valence-electron chi connectivity index (χ3n) is 5.45. The lowest BCUT2D eigenvalue weighted by Crippen LogP contribution is -2.40. The summed E-state index contributed by atoms with van der Waals surface area (Å²) >= 11 is 1.46. The van der Waals surface area contributed by atoms with E-state index in [1.165, 1.54) is 31.0 Å². The SMILES string of the molecule is O=C1/C(=C/c2ccc3c(c2)OCO3)SC(=Nc2ccccc2)N1C1CCCCC1. The van der Waals surface area contributed by atoms with Crippen molar-refractivity contribution in [1.82, 2.24) is 4.90 Å². The van der Waals surface area contributed by atoms with Crippen LogP contribution in [0.4, 0.5) is 5.69 Å². The fraction of sp³-hybridized carbons (Fsp3) is 0.304. The Morgan fingerprint density at radius 1 is 1.00 bits per heavy atom. The summed E-state index contributed by atoms with van der Waals surface area (Å²) in [5.74, 6) is 1.51. The number of thioether (sulfide) groups is 1. The van der Waals surface area contributed by atoms with E-state index in [2.05, 4.69) is 0 Å². The highest BCUT2D eigenvalue weighted by molar-refractivity contribution is 8.18. The Hall–Kier alpha value is -2.73. The van der Waals surface area contributed by atoms with Crippen molar-refractivity contribution in [2.45, 2.75) is 38.1 Å². The lowest BCUT2D eigenvalue weighted by atomic mass is 9.94. The first-order chi connectivity index (χ1) is 14.3. The number of rotatable bonds is 3. The number of hydrogen-bond acceptors (Lipinski definition) is 5. The van der Waals surface area contributed by atoms with Crippen LogP contribution in [0, 0.1) is 0 Å². The molecule has 0 atom stereocenters. The maximum atomic E-state index is 13.3. The van der Waals surface area contributed by atoms with Gasteiger partial charge in [-0.25, -0.2) is 4.99 Å². The van der Waals surface area contributed by atoms with E-state index in [1.807, 2.05) is 59.5 Å². The van der Waals surface area contributed by atoms with Crippen LogP contribution in [0.1, 0.15) is 37.7 Å². The molecule has 2 fully saturated rings. The van der Waals surface area contributed by atoms with E-state index in [4.69, 9.17) is 14.5 Å². The van der Waals surface area contributed by atoms with E-state index >= 15 is 0 Å². The number of hydrogen-bond donors (Lipinski definition) is 0. The van der Waals surface area contributed by atoms with Crippen LogP contribution < -0.4 is 9.47 Å². The first kappa shape index (κ1) is 18.3. The molecule has 5 rings (SSSR count). The van der Waals surface area contributed by atoms with Crippen molar-refractivity contribution in [1.29, 1.82) is 0 Å². The zero-order chi connectivity index (χ0) is 19.6. The van der Waals surface area contributed by atoms with Crippen molar-refractivity contribution in [2.75, 3.05) is 6.79 Å². The number of nitrogens with zero attached hydrogens (tertiary/aromatic N) is 2. The molecule has 148 valence electrons. The topological polar surface area (TPSA) is 51.1 Å². The number of benzene rings is 2. The standard InChI is InChI=1S/C23H22N2O3S/c26-22-21(14-16-11-12-19-20(13-16)28-15-27-19)29-23(24-17-7-3-1-4-8-17)25(22)18-9-5-2-6-10-18/h1,3-4,7-8,11-14,18H,2,5-6,9-10,15H2/b21-14-,24-23?. The number of para-hydroxylation sites is 1. The van der Waals surface area contributed by atoms with Crippen LogP contribution in [-0.2, 0) is 4.79 Å². The maximum Gasteiger partial charge on any atom is 0.267 e. The second kappa shape index (κ2) is 7.95. The van der Waals surface area contributed by atoms with Crippen molar-refractivity contribution in [2.24, 2.45) is 4.99 Å². The molecule has 1 saturated heterocycles. The van der Waals surface area contributed by atoms with Crippen LogP contribution >= 0.6 is 11.8 Å². The van der Waals surface area contributed by atoms with E-state index in [-0.39, 0.29) is 18.7 Å². The Bertz CT molecular complexity index is 981. The quantitative estimate of drug-likeness (QED) is 0.645. The van der Waals surface area contributed by atoms with E-state index in [1.54, 1.807) is 0 Å². The summed E-state index contributed by atoms with van der Waals surface area (Å²) < 4.78 is 10.9. The average molecular weight is 407 g/mol. The van der Waals surface area contributed by atoms with Gasteiger partial charge in [-0.05, 0) is 60.5 Å². The Labute approximate surface area is 174 Å². The van der Waals surface area contributed by atoms with E-state index < -0.39 is 0 Å². The average Bonchev–Trinajstić information content (AvgIpc) is 3.34. The zero-order valence-electron chi connectivity index (χ0n) is 16.0. The first-order valence-electron chi connectivity index (χ1n) is 10.0. The van der Waals surface area contributed by atoms with Crippen LogP contribution in [-0.4, -0.2) is 28.8 Å². The molecule has 2 aromatic carbocycles. The maximum absolute atomic E-state index is 13.3. The van der Waals surface area contributed by atoms with Gasteiger partial charge in [-0.2, -0.15) is 0 Å². The molecule has 2 aliphatic heterocycles. The van der Waals surface area contributed by atoms with E-state index in [0.29, 0.717) is 4.91 Å². The van der Waals surface area contributed by atoms with E-state index in [9.17, 15) is 4.79 Å². The van der Waals surface area contributed by atoms with Crippen LogP contribution in [0.15, 0.2) is 58.4 Å². The molecule has 0 unspecified atom stereocenters. The predicted molar refractivity (Wildman–Crippen MR) is 115 cm³/mol. The zero-order valence-corrected chi connectivity index (χ0v) is 16.9. The highest BCUT2D eigenvalue weighted by atomic mass is 32.2. The molecule has 5 nitrogen and oxygen atoms in total. The second-order valence-corrected chi connectivity index (χ2v) is 8.43. The largest absolute Gasteiger partial charge is 0.454 e. The predicted octanol–water partition coefficient (Wildman–Crippen LogP) is 5.35. The van der Waals surface area contributed by atoms with Gasteiger partial charge in [0.25, 0.3) is 5.91 Å². The van der Waals surface area contributed by atoms with Crippen LogP contribution in [0.25, 0.3) is 6.08 Å². The highest BCUT2D eigenvalue weighted by Gasteiger charge is 2.38. The number of fused-ring (bicyclic) bond motifs is 1. The molecule has 1 amide bonds. The monoisotopic (exact) mass is 406 g/mol. The smallest absolute Gasteiger partial charge is 0.267 e. The summed E-state index contributed by atoms with van der Waals surface area (Å²) in [6, 6.07) is 15.8. The fourth-order valence-electron chi connectivity index (χ4n) is 3.99. The van der Waals surface area contributed by atoms with Crippen molar-refractivity contribution in [3.05, 3.63) is 59.0 Å². The number of aliphatic imine (C=N–C) groups is 1. The lowest BCUT2D eigenvalue weighted by Gasteiger charge is -2.30. The Morgan fingerprint density at radius 3 is 2.62 bits per heavy atom. The van der Waals surface area contributed by atoms with Gasteiger partial charge in [-0.3, -0.25) is 9.69 Å². The summed E-state index contributed by atoms with van der Waals surface area (Å²) in [4.78, 5) is 20.8. The third kappa shape index (κ3) is 3.77. The van der Waals surface area contributed by atoms with Gasteiger partial charge in [0.05, 0.1) is 10.6 Å². The minimum Gasteiger partial charge on any atom is -0.454 e. The molecule has 2 aromatic rings. The van der Waals surface area contributed by atoms with Gasteiger partial charge in [-0.1, -0.05) is 43.5 Å². The van der Waals surface area contributed by atoms with Gasteiger partial charge in [0, 0.05) is 6.04 Å². The Kier molecular flexibility index (Phi) is 5.02. The number of amides is 1. The van der Waals surface area contributed by atoms with Crippen molar-refractivity contribution < 1.29 is 14.3 Å². The van der Waals surface area contributed by atoms with Gasteiger partial charge in [-0.15, -0.1) is 0 Å². The van der Waals surface area contributed by atoms with E-state index in [0.717, 1.165) is 40.8 Å². The molecule has 0 radical (unpaired) electrons. The number of carbonyl (C=O) groups excluding carboxylic acids is 1. The van der Waals surface area contributed by atoms with Gasteiger partial charge in [0.1, 0.15) is 0 Å². The molecule has 1 aliphatic carbocycles. The van der Waals surface area contributed by atoms with Gasteiger partial charge < -0.3 is 9.47 Å². The van der Waals surface area contributed by atoms with Crippen molar-refractivity contribution in [3.8, 4) is 11.5 Å². The van der Waals surface area contributed by atoms with Crippen molar-refractivity contribution in [3.63, 3.8) is 0 Å². The summed E-state index contributed by atoms with van der Waals surface area (Å²) in [5, 5.41) is 0.778. The molecule has 0 bridgehead atoms. The number of amidine groups is 1. The van der Waals surface area contributed by atoms with Gasteiger partial charge >= 0.3 is 0 Å². The molecule has 29 heavy (non-hydrogen) atoms. The third-order valence-corrected chi connectivity index (χ3v) is 6.44. The van der Waals surface area contributed by atoms with Gasteiger partial charge in [0.2, 0.25) is 6.79 Å². The Balaban J connectivity index is 1.49. The molecule has 0 N–H and O–H groups in total. The second-order valence-electron chi connectivity index (χ2n) is 7.42. The van der Waals surface area contributed by atoms with Gasteiger partial charge in [0.15, 0.2) is 16.7 Å². The minimum absolute atomic E-state index is 0.0502. The van der Waals surface area contributed by atoms with Crippen LogP contribution in [0.5, 0.6) is 11.5 Å². The molecule has 6 heteroatoms. The minimum atomic E-state index is 0.0502. The molecule has 2 heterocycles. The summed E-state index contributed by atoms with van der Waals surface area (Å²) in [6.07, 6.45) is 7.59. The Morgan fingerprint density at radius 2 is 1.79 bits per heavy atom. The van der Waals surface area contributed by atoms with Crippen LogP contribution in [0.3, 0.4) is 0 Å². The summed E-state index contributed by atoms with van der Waals surface area (Å²) in [7, 11) is 0. The highest BCUT2D eigenvalue weighted by Crippen LogP contribution is 2.39. The molecule has 3 aliphatic rings. The molecular formula is C23H22N2O3S. The number of ether oxygens (including phenoxy) is 2. The first-order valence-corrected chi connectivity index (χ1v) is 10.9. The molecule has 1 saturated carbocycles. The fourth-order valence-corrected chi connectivity index (χ4v) is 5.05. The molecular weight excluding hydrogens is 384 g/mol. The summed E-state index contributed by atoms with van der Waals surface area (Å²) in [6.45, 7) is 0.242. The van der Waals surface area contributed by atoms with Crippen molar-refractivity contribution >= 4 is 34.6 Å². The molecule has 0 aromatic heterocycles. The normalized spacial score (nSPS) is 22.1. The van der Waals surface area contributed by atoms with Crippen LogP contribution in [0.2, 0.25) is 0 Å². The number of carbonyl (C=O) groups is 1.